The maximum atomic E-state index is 3.54. The Balaban J connectivity index is 2.37. The molecular formula is C16H19N. The van der Waals surface area contributed by atoms with E-state index in [1.807, 2.05) is 6.07 Å². The van der Waals surface area contributed by atoms with Crippen molar-refractivity contribution < 1.29 is 0 Å². The minimum atomic E-state index is 1.06. The van der Waals surface area contributed by atoms with Crippen molar-refractivity contribution in [2.45, 2.75) is 26.7 Å². The first-order valence-corrected chi connectivity index (χ1v) is 6.28. The molecule has 0 bridgehead atoms. The smallest absolute Gasteiger partial charge is 0.0449 e. The molecule has 0 atom stereocenters. The molecule has 2 rings (SSSR count). The molecule has 2 aromatic rings. The summed E-state index contributed by atoms with van der Waals surface area (Å²) >= 11 is 0. The van der Waals surface area contributed by atoms with Crippen LogP contribution < -0.4 is 5.32 Å². The minimum absolute atomic E-state index is 1.06. The maximum absolute atomic E-state index is 3.54. The van der Waals surface area contributed by atoms with Crippen LogP contribution in [0.5, 0.6) is 0 Å². The highest BCUT2D eigenvalue weighted by molar-refractivity contribution is 5.67. The molecule has 0 saturated heterocycles. The van der Waals surface area contributed by atoms with Gasteiger partial charge >= 0.3 is 0 Å². The summed E-state index contributed by atoms with van der Waals surface area (Å²) < 4.78 is 0. The van der Waals surface area contributed by atoms with Crippen molar-refractivity contribution in [1.82, 2.24) is 0 Å². The van der Waals surface area contributed by atoms with Crippen LogP contribution in [0.3, 0.4) is 0 Å². The fourth-order valence-electron chi connectivity index (χ4n) is 2.07. The molecule has 88 valence electrons. The molecule has 17 heavy (non-hydrogen) atoms. The number of para-hydroxylation sites is 2. The van der Waals surface area contributed by atoms with Gasteiger partial charge in [0.05, 0.1) is 0 Å². The standard InChI is InChI=1S/C16H19N/c1-3-13-9-8-10-14(4-2)16(13)17-15-11-6-5-7-12-15/h5-12,17H,3-4H2,1-2H3. The summed E-state index contributed by atoms with van der Waals surface area (Å²) in [5, 5.41) is 3.54. The molecular weight excluding hydrogens is 206 g/mol. The highest BCUT2D eigenvalue weighted by Gasteiger charge is 2.05. The Kier molecular flexibility index (Phi) is 3.81. The van der Waals surface area contributed by atoms with Crippen molar-refractivity contribution in [2.75, 3.05) is 5.32 Å². The molecule has 0 amide bonds. The van der Waals surface area contributed by atoms with E-state index in [2.05, 4.69) is 61.6 Å². The molecule has 0 heterocycles. The van der Waals surface area contributed by atoms with E-state index in [0.717, 1.165) is 18.5 Å². The van der Waals surface area contributed by atoms with Crippen LogP contribution in [0.1, 0.15) is 25.0 Å². The molecule has 1 nitrogen and oxygen atoms in total. The van der Waals surface area contributed by atoms with Crippen molar-refractivity contribution in [3.8, 4) is 0 Å². The van der Waals surface area contributed by atoms with Crippen molar-refractivity contribution in [2.24, 2.45) is 0 Å². The molecule has 1 heteroatoms. The van der Waals surface area contributed by atoms with E-state index in [-0.39, 0.29) is 0 Å². The van der Waals surface area contributed by atoms with Gasteiger partial charge in [-0.05, 0) is 36.1 Å². The third-order valence-electron chi connectivity index (χ3n) is 3.04. The molecule has 0 aliphatic heterocycles. The van der Waals surface area contributed by atoms with Gasteiger partial charge in [0.1, 0.15) is 0 Å². The fraction of sp³-hybridized carbons (Fsp3) is 0.250. The van der Waals surface area contributed by atoms with Gasteiger partial charge in [-0.2, -0.15) is 0 Å². The van der Waals surface area contributed by atoms with Gasteiger partial charge in [0, 0.05) is 11.4 Å². The molecule has 0 aromatic heterocycles. The largest absolute Gasteiger partial charge is 0.355 e. The van der Waals surface area contributed by atoms with Crippen LogP contribution in [-0.2, 0) is 12.8 Å². The molecule has 0 aliphatic carbocycles. The topological polar surface area (TPSA) is 12.0 Å². The van der Waals surface area contributed by atoms with Gasteiger partial charge in [0.15, 0.2) is 0 Å². The van der Waals surface area contributed by atoms with Gasteiger partial charge in [-0.1, -0.05) is 50.2 Å². The van der Waals surface area contributed by atoms with Crippen LogP contribution in [0.2, 0.25) is 0 Å². The lowest BCUT2D eigenvalue weighted by Gasteiger charge is -2.15. The first kappa shape index (κ1) is 11.7. The Labute approximate surface area is 103 Å². The summed E-state index contributed by atoms with van der Waals surface area (Å²) in [6.07, 6.45) is 2.12. The van der Waals surface area contributed by atoms with E-state index in [0.29, 0.717) is 0 Å². The van der Waals surface area contributed by atoms with Crippen LogP contribution in [0.15, 0.2) is 48.5 Å². The summed E-state index contributed by atoms with van der Waals surface area (Å²) in [5.74, 6) is 0. The number of nitrogens with one attached hydrogen (secondary N) is 1. The summed E-state index contributed by atoms with van der Waals surface area (Å²) in [4.78, 5) is 0. The monoisotopic (exact) mass is 225 g/mol. The number of rotatable bonds is 4. The van der Waals surface area contributed by atoms with Crippen LogP contribution in [-0.4, -0.2) is 0 Å². The Morgan fingerprint density at radius 2 is 1.35 bits per heavy atom. The number of hydrogen-bond donors (Lipinski definition) is 1. The third kappa shape index (κ3) is 2.68. The molecule has 2 aromatic carbocycles. The summed E-state index contributed by atoms with van der Waals surface area (Å²) in [6, 6.07) is 16.9. The molecule has 0 fully saturated rings. The van der Waals surface area contributed by atoms with E-state index < -0.39 is 0 Å². The SMILES string of the molecule is CCc1cccc(CC)c1Nc1ccccc1. The fourth-order valence-corrected chi connectivity index (χ4v) is 2.07. The lowest BCUT2D eigenvalue weighted by molar-refractivity contribution is 1.09. The van der Waals surface area contributed by atoms with Gasteiger partial charge in [0.2, 0.25) is 0 Å². The predicted molar refractivity (Wildman–Crippen MR) is 74.9 cm³/mol. The zero-order valence-corrected chi connectivity index (χ0v) is 10.5. The highest BCUT2D eigenvalue weighted by atomic mass is 14.9. The van der Waals surface area contributed by atoms with E-state index >= 15 is 0 Å². The third-order valence-corrected chi connectivity index (χ3v) is 3.04. The normalized spacial score (nSPS) is 10.2. The lowest BCUT2D eigenvalue weighted by atomic mass is 10.0. The molecule has 1 N–H and O–H groups in total. The van der Waals surface area contributed by atoms with Crippen LogP contribution in [0.4, 0.5) is 11.4 Å². The Hall–Kier alpha value is -1.76. The highest BCUT2D eigenvalue weighted by Crippen LogP contribution is 2.26. The molecule has 0 aliphatic rings. The number of aryl methyl sites for hydroxylation is 2. The van der Waals surface area contributed by atoms with E-state index in [4.69, 9.17) is 0 Å². The second-order valence-electron chi connectivity index (χ2n) is 4.15. The van der Waals surface area contributed by atoms with Crippen LogP contribution >= 0.6 is 0 Å². The van der Waals surface area contributed by atoms with Crippen molar-refractivity contribution in [3.05, 3.63) is 59.7 Å². The van der Waals surface area contributed by atoms with E-state index in [1.165, 1.54) is 16.8 Å². The van der Waals surface area contributed by atoms with Gasteiger partial charge in [-0.25, -0.2) is 0 Å². The van der Waals surface area contributed by atoms with Gasteiger partial charge in [0.25, 0.3) is 0 Å². The maximum Gasteiger partial charge on any atom is 0.0449 e. The molecule has 0 unspecified atom stereocenters. The lowest BCUT2D eigenvalue weighted by Crippen LogP contribution is -1.99. The zero-order valence-electron chi connectivity index (χ0n) is 10.5. The molecule has 0 saturated carbocycles. The predicted octanol–water partition coefficient (Wildman–Crippen LogP) is 4.56. The second-order valence-corrected chi connectivity index (χ2v) is 4.15. The van der Waals surface area contributed by atoms with Crippen molar-refractivity contribution in [1.29, 1.82) is 0 Å². The average Bonchev–Trinajstić information content (AvgIpc) is 2.40. The first-order chi connectivity index (χ1) is 8.35. The summed E-state index contributed by atoms with van der Waals surface area (Å²) in [6.45, 7) is 4.40. The van der Waals surface area contributed by atoms with Crippen molar-refractivity contribution >= 4 is 11.4 Å². The van der Waals surface area contributed by atoms with Gasteiger partial charge < -0.3 is 5.32 Å². The van der Waals surface area contributed by atoms with Gasteiger partial charge in [-0.15, -0.1) is 0 Å². The quantitative estimate of drug-likeness (QED) is 0.804. The van der Waals surface area contributed by atoms with E-state index in [9.17, 15) is 0 Å². The Morgan fingerprint density at radius 1 is 0.765 bits per heavy atom. The Morgan fingerprint density at radius 3 is 1.88 bits per heavy atom. The number of anilines is 2. The number of benzene rings is 2. The second kappa shape index (κ2) is 5.53. The van der Waals surface area contributed by atoms with Gasteiger partial charge in [-0.3, -0.25) is 0 Å². The molecule has 0 radical (unpaired) electrons. The van der Waals surface area contributed by atoms with Crippen LogP contribution in [0, 0.1) is 0 Å². The average molecular weight is 225 g/mol. The minimum Gasteiger partial charge on any atom is -0.355 e. The first-order valence-electron chi connectivity index (χ1n) is 6.28. The Bertz CT molecular complexity index is 452. The van der Waals surface area contributed by atoms with E-state index in [1.54, 1.807) is 0 Å². The summed E-state index contributed by atoms with van der Waals surface area (Å²) in [7, 11) is 0. The van der Waals surface area contributed by atoms with Crippen molar-refractivity contribution in [3.63, 3.8) is 0 Å². The van der Waals surface area contributed by atoms with Crippen LogP contribution in [0.25, 0.3) is 0 Å². The zero-order chi connectivity index (χ0) is 12.1. The number of hydrogen-bond acceptors (Lipinski definition) is 1. The summed E-state index contributed by atoms with van der Waals surface area (Å²) in [5.41, 5.74) is 5.20. The molecule has 0 spiro atoms.